The fourth-order valence-corrected chi connectivity index (χ4v) is 1.78. The lowest BCUT2D eigenvalue weighted by Gasteiger charge is -2.08. The molecular weight excluding hydrogens is 271 g/mol. The van der Waals surface area contributed by atoms with Crippen LogP contribution in [0.4, 0.5) is 0 Å². The average Bonchev–Trinajstić information content (AvgIpc) is 2.35. The highest BCUT2D eigenvalue weighted by atomic mass is 35.5. The van der Waals surface area contributed by atoms with Gasteiger partial charge >= 0.3 is 0 Å². The van der Waals surface area contributed by atoms with Crippen molar-refractivity contribution in [2.45, 2.75) is 0 Å². The number of hydrogen-bond donors (Lipinski definition) is 0. The number of rotatable bonds is 3. The van der Waals surface area contributed by atoms with E-state index in [0.717, 1.165) is 0 Å². The van der Waals surface area contributed by atoms with E-state index in [1.54, 1.807) is 12.1 Å². The van der Waals surface area contributed by atoms with E-state index >= 15 is 0 Å². The van der Waals surface area contributed by atoms with Gasteiger partial charge in [-0.25, -0.2) is 0 Å². The molecule has 1 aromatic carbocycles. The Labute approximate surface area is 115 Å². The van der Waals surface area contributed by atoms with Crippen molar-refractivity contribution in [2.24, 2.45) is 0 Å². The Bertz CT molecular complexity index is 576. The van der Waals surface area contributed by atoms with Gasteiger partial charge in [0.05, 0.1) is 10.0 Å². The van der Waals surface area contributed by atoms with Crippen molar-refractivity contribution in [1.82, 2.24) is 0 Å². The lowest BCUT2D eigenvalue weighted by Crippen LogP contribution is -1.95. The molecule has 0 aliphatic heterocycles. The second-order valence-corrected chi connectivity index (χ2v) is 3.90. The van der Waals surface area contributed by atoms with E-state index in [9.17, 15) is 0 Å². The Balaban J connectivity index is 3.17. The minimum atomic E-state index is -0.0422. The molecule has 0 unspecified atom stereocenters. The summed E-state index contributed by atoms with van der Waals surface area (Å²) in [5.74, 6) is 2.58. The van der Waals surface area contributed by atoms with Gasteiger partial charge < -0.3 is 4.74 Å². The number of hydrogen-bond acceptors (Lipinski definition) is 3. The van der Waals surface area contributed by atoms with Gasteiger partial charge in [0.2, 0.25) is 0 Å². The molecule has 0 aromatic heterocycles. The van der Waals surface area contributed by atoms with Gasteiger partial charge in [-0.3, -0.25) is 0 Å². The third kappa shape index (κ3) is 3.44. The first-order chi connectivity index (χ1) is 8.62. The SMILES string of the molecule is C#CCOc1c(Cl)cc(C=C(C#N)C#N)cc1Cl. The van der Waals surface area contributed by atoms with Gasteiger partial charge in [0.1, 0.15) is 24.3 Å². The van der Waals surface area contributed by atoms with Crippen molar-refractivity contribution < 1.29 is 4.74 Å². The number of nitriles is 2. The van der Waals surface area contributed by atoms with Crippen LogP contribution >= 0.6 is 23.2 Å². The molecule has 0 heterocycles. The summed E-state index contributed by atoms with van der Waals surface area (Å²) >= 11 is 11.9. The van der Waals surface area contributed by atoms with E-state index in [4.69, 9.17) is 44.9 Å². The maximum Gasteiger partial charge on any atom is 0.157 e. The first-order valence-corrected chi connectivity index (χ1v) is 5.45. The fraction of sp³-hybridized carbons (Fsp3) is 0.0769. The second kappa shape index (κ2) is 6.58. The van der Waals surface area contributed by atoms with E-state index in [-0.39, 0.29) is 28.0 Å². The van der Waals surface area contributed by atoms with E-state index in [0.29, 0.717) is 5.56 Å². The summed E-state index contributed by atoms with van der Waals surface area (Å²) in [6, 6.07) is 6.56. The molecule has 0 aliphatic rings. The Morgan fingerprint density at radius 3 is 2.28 bits per heavy atom. The number of nitrogens with zero attached hydrogens (tertiary/aromatic N) is 2. The van der Waals surface area contributed by atoms with Gasteiger partial charge in [0.25, 0.3) is 0 Å². The van der Waals surface area contributed by atoms with E-state index < -0.39 is 0 Å². The van der Waals surface area contributed by atoms with Crippen LogP contribution in [-0.4, -0.2) is 6.61 Å². The molecule has 0 amide bonds. The van der Waals surface area contributed by atoms with Crippen LogP contribution in [0.1, 0.15) is 5.56 Å². The van der Waals surface area contributed by atoms with Crippen LogP contribution in [0.3, 0.4) is 0 Å². The van der Waals surface area contributed by atoms with Crippen LogP contribution in [0.2, 0.25) is 10.0 Å². The average molecular weight is 277 g/mol. The van der Waals surface area contributed by atoms with Crippen molar-refractivity contribution >= 4 is 29.3 Å². The number of terminal acetylenes is 1. The molecule has 0 radical (unpaired) electrons. The molecule has 0 saturated carbocycles. The van der Waals surface area contributed by atoms with Crippen LogP contribution in [0.15, 0.2) is 17.7 Å². The molecule has 0 N–H and O–H groups in total. The lowest BCUT2D eigenvalue weighted by molar-refractivity contribution is 0.371. The van der Waals surface area contributed by atoms with Gasteiger partial charge in [0.15, 0.2) is 5.75 Å². The van der Waals surface area contributed by atoms with Gasteiger partial charge in [-0.15, -0.1) is 6.42 Å². The standard InChI is InChI=1S/C13H6Cl2N2O/c1-2-3-18-13-11(14)5-9(6-12(13)15)4-10(7-16)8-17/h1,4-6H,3H2. The highest BCUT2D eigenvalue weighted by molar-refractivity contribution is 6.37. The molecular formula is C13H6Cl2N2O. The van der Waals surface area contributed by atoms with Gasteiger partial charge in [0, 0.05) is 0 Å². The van der Waals surface area contributed by atoms with Crippen LogP contribution in [-0.2, 0) is 0 Å². The number of allylic oxidation sites excluding steroid dienone is 1. The summed E-state index contributed by atoms with van der Waals surface area (Å²) in [7, 11) is 0. The van der Waals surface area contributed by atoms with Crippen molar-refractivity contribution in [3.05, 3.63) is 33.3 Å². The zero-order valence-electron chi connectivity index (χ0n) is 9.08. The van der Waals surface area contributed by atoms with Crippen molar-refractivity contribution in [3.63, 3.8) is 0 Å². The molecule has 1 aromatic rings. The molecule has 0 aliphatic carbocycles. The molecule has 0 spiro atoms. The van der Waals surface area contributed by atoms with Crippen LogP contribution in [0.5, 0.6) is 5.75 Å². The summed E-state index contributed by atoms with van der Waals surface area (Å²) in [5, 5.41) is 17.8. The molecule has 0 atom stereocenters. The van der Waals surface area contributed by atoms with Gasteiger partial charge in [-0.05, 0) is 23.8 Å². The smallest absolute Gasteiger partial charge is 0.157 e. The van der Waals surface area contributed by atoms with Crippen LogP contribution in [0, 0.1) is 35.0 Å². The van der Waals surface area contributed by atoms with E-state index in [1.807, 2.05) is 0 Å². The Morgan fingerprint density at radius 1 is 1.28 bits per heavy atom. The van der Waals surface area contributed by atoms with Gasteiger partial charge in [-0.1, -0.05) is 29.1 Å². The summed E-state index contributed by atoms with van der Waals surface area (Å²) in [4.78, 5) is 0. The predicted molar refractivity (Wildman–Crippen MR) is 70.0 cm³/mol. The molecule has 1 rings (SSSR count). The number of ether oxygens (including phenoxy) is 1. The van der Waals surface area contributed by atoms with E-state index in [1.165, 1.54) is 18.2 Å². The Hall–Kier alpha value is -2.12. The first kappa shape index (κ1) is 13.9. The molecule has 5 heteroatoms. The number of halogens is 2. The van der Waals surface area contributed by atoms with Crippen molar-refractivity contribution in [3.8, 4) is 30.2 Å². The minimum Gasteiger partial charge on any atom is -0.478 e. The Kier molecular flexibility index (Phi) is 5.09. The third-order valence-electron chi connectivity index (χ3n) is 1.87. The summed E-state index contributed by atoms with van der Waals surface area (Å²) in [5.41, 5.74) is 0.496. The summed E-state index contributed by atoms with van der Waals surface area (Å²) < 4.78 is 5.18. The minimum absolute atomic E-state index is 0.0422. The molecule has 0 fully saturated rings. The van der Waals surface area contributed by atoms with E-state index in [2.05, 4.69) is 5.92 Å². The van der Waals surface area contributed by atoms with Crippen LogP contribution in [0.25, 0.3) is 6.08 Å². The maximum absolute atomic E-state index is 8.64. The highest BCUT2D eigenvalue weighted by Gasteiger charge is 2.09. The van der Waals surface area contributed by atoms with Crippen LogP contribution < -0.4 is 4.74 Å². The quantitative estimate of drug-likeness (QED) is 0.628. The summed E-state index contributed by atoms with van der Waals surface area (Å²) in [6.07, 6.45) is 6.44. The maximum atomic E-state index is 8.64. The largest absolute Gasteiger partial charge is 0.478 e. The Morgan fingerprint density at radius 2 is 1.83 bits per heavy atom. The molecule has 18 heavy (non-hydrogen) atoms. The van der Waals surface area contributed by atoms with Crippen molar-refractivity contribution in [1.29, 1.82) is 10.5 Å². The highest BCUT2D eigenvalue weighted by Crippen LogP contribution is 2.34. The zero-order valence-corrected chi connectivity index (χ0v) is 10.6. The normalized spacial score (nSPS) is 8.61. The first-order valence-electron chi connectivity index (χ1n) is 4.69. The number of benzene rings is 1. The third-order valence-corrected chi connectivity index (χ3v) is 2.43. The lowest BCUT2D eigenvalue weighted by atomic mass is 10.1. The van der Waals surface area contributed by atoms with Crippen molar-refractivity contribution in [2.75, 3.05) is 6.61 Å². The molecule has 3 nitrogen and oxygen atoms in total. The zero-order chi connectivity index (χ0) is 13.5. The fourth-order valence-electron chi connectivity index (χ4n) is 1.17. The summed E-state index contributed by atoms with van der Waals surface area (Å²) in [6.45, 7) is 0.0519. The molecule has 88 valence electrons. The molecule has 0 bridgehead atoms. The van der Waals surface area contributed by atoms with Gasteiger partial charge in [-0.2, -0.15) is 10.5 Å². The second-order valence-electron chi connectivity index (χ2n) is 3.09. The monoisotopic (exact) mass is 276 g/mol. The topological polar surface area (TPSA) is 56.8 Å². The predicted octanol–water partition coefficient (Wildman–Crippen LogP) is 3.44. The molecule has 0 saturated heterocycles.